The van der Waals surface area contributed by atoms with E-state index in [9.17, 15) is 13.2 Å². The molecule has 0 radical (unpaired) electrons. The van der Waals surface area contributed by atoms with Crippen LogP contribution in [0.4, 0.5) is 4.79 Å². The Kier molecular flexibility index (Phi) is 3.39. The summed E-state index contributed by atoms with van der Waals surface area (Å²) in [5.74, 6) is 0.769. The minimum Gasteiger partial charge on any atom is -0.334 e. The van der Waals surface area contributed by atoms with Crippen LogP contribution >= 0.6 is 0 Å². The van der Waals surface area contributed by atoms with Gasteiger partial charge >= 0.3 is 6.03 Å². The van der Waals surface area contributed by atoms with E-state index in [0.29, 0.717) is 24.8 Å². The summed E-state index contributed by atoms with van der Waals surface area (Å²) in [7, 11) is -3.56. The maximum atomic E-state index is 12.5. The highest BCUT2D eigenvalue weighted by atomic mass is 32.2. The molecule has 6 nitrogen and oxygen atoms in total. The fourth-order valence-corrected chi connectivity index (χ4v) is 5.20. The number of primary sulfonamides is 1. The van der Waals surface area contributed by atoms with Crippen molar-refractivity contribution in [3.05, 3.63) is 35.4 Å². The summed E-state index contributed by atoms with van der Waals surface area (Å²) in [6.07, 6.45) is 2.55. The van der Waals surface area contributed by atoms with Gasteiger partial charge in [-0.1, -0.05) is 24.3 Å². The number of urea groups is 1. The van der Waals surface area contributed by atoms with Gasteiger partial charge in [0, 0.05) is 24.5 Å². The van der Waals surface area contributed by atoms with Gasteiger partial charge in [0.1, 0.15) is 0 Å². The third-order valence-electron chi connectivity index (χ3n) is 5.39. The molecule has 4 unspecified atom stereocenters. The molecule has 1 saturated heterocycles. The predicted molar refractivity (Wildman–Crippen MR) is 86.4 cm³/mol. The van der Waals surface area contributed by atoms with E-state index in [1.165, 1.54) is 11.1 Å². The molecule has 2 aliphatic carbocycles. The second-order valence-electron chi connectivity index (χ2n) is 6.89. The highest BCUT2D eigenvalue weighted by Crippen LogP contribution is 2.56. The molecule has 23 heavy (non-hydrogen) atoms. The Bertz CT molecular complexity index is 749. The lowest BCUT2D eigenvalue weighted by molar-refractivity contribution is 0.195. The SMILES string of the molecule is NS(=O)(=O)CC1CCCN1C(=O)NC1C2Cc3ccccc3C21. The molecule has 2 fully saturated rings. The molecule has 124 valence electrons. The van der Waals surface area contributed by atoms with Gasteiger partial charge in [-0.3, -0.25) is 0 Å². The van der Waals surface area contributed by atoms with Crippen LogP contribution in [0.25, 0.3) is 0 Å². The van der Waals surface area contributed by atoms with Crippen LogP contribution < -0.4 is 10.5 Å². The Morgan fingerprint density at radius 3 is 2.91 bits per heavy atom. The first-order chi connectivity index (χ1) is 10.9. The van der Waals surface area contributed by atoms with Crippen LogP contribution in [-0.2, 0) is 16.4 Å². The number of nitrogens with two attached hydrogens (primary N) is 1. The zero-order valence-electron chi connectivity index (χ0n) is 12.8. The number of nitrogens with one attached hydrogen (secondary N) is 1. The van der Waals surface area contributed by atoms with E-state index in [0.717, 1.165) is 12.8 Å². The largest absolute Gasteiger partial charge is 0.334 e. The van der Waals surface area contributed by atoms with Gasteiger partial charge in [-0.15, -0.1) is 0 Å². The molecular formula is C16H21N3O3S. The number of sulfonamides is 1. The number of likely N-dealkylation sites (tertiary alicyclic amines) is 1. The van der Waals surface area contributed by atoms with Gasteiger partial charge in [-0.2, -0.15) is 0 Å². The summed E-state index contributed by atoms with van der Waals surface area (Å²) in [6, 6.07) is 8.15. The van der Waals surface area contributed by atoms with Crippen molar-refractivity contribution < 1.29 is 13.2 Å². The number of rotatable bonds is 3. The first kappa shape index (κ1) is 15.0. The maximum Gasteiger partial charge on any atom is 0.317 e. The van der Waals surface area contributed by atoms with E-state index in [4.69, 9.17) is 5.14 Å². The Hall–Kier alpha value is -1.60. The topological polar surface area (TPSA) is 92.5 Å². The van der Waals surface area contributed by atoms with Crippen LogP contribution in [0.5, 0.6) is 0 Å². The van der Waals surface area contributed by atoms with Gasteiger partial charge in [0.2, 0.25) is 10.0 Å². The van der Waals surface area contributed by atoms with Crippen molar-refractivity contribution >= 4 is 16.1 Å². The second-order valence-corrected chi connectivity index (χ2v) is 8.55. The second kappa shape index (κ2) is 5.21. The molecule has 0 aromatic heterocycles. The normalized spacial score (nSPS) is 31.6. The number of carbonyl (C=O) groups is 1. The number of hydrogen-bond acceptors (Lipinski definition) is 3. The van der Waals surface area contributed by atoms with E-state index in [2.05, 4.69) is 23.5 Å². The van der Waals surface area contributed by atoms with Crippen LogP contribution in [-0.4, -0.2) is 43.7 Å². The molecule has 4 rings (SSSR count). The predicted octanol–water partition coefficient (Wildman–Crippen LogP) is 0.787. The van der Waals surface area contributed by atoms with E-state index in [1.54, 1.807) is 4.90 Å². The highest BCUT2D eigenvalue weighted by Gasteiger charge is 2.56. The number of fused-ring (bicyclic) bond motifs is 3. The molecule has 3 aliphatic rings. The molecule has 4 atom stereocenters. The Balaban J connectivity index is 1.40. The summed E-state index contributed by atoms with van der Waals surface area (Å²) in [4.78, 5) is 14.2. The number of carbonyl (C=O) groups excluding carboxylic acids is 1. The number of benzene rings is 1. The zero-order valence-corrected chi connectivity index (χ0v) is 13.6. The van der Waals surface area contributed by atoms with Crippen molar-refractivity contribution in [1.82, 2.24) is 10.2 Å². The average Bonchev–Trinajstić information content (AvgIpc) is 2.87. The van der Waals surface area contributed by atoms with Crippen LogP contribution in [0.15, 0.2) is 24.3 Å². The third kappa shape index (κ3) is 2.72. The van der Waals surface area contributed by atoms with Gasteiger partial charge < -0.3 is 10.2 Å². The fraction of sp³-hybridized carbons (Fsp3) is 0.562. The molecule has 1 saturated carbocycles. The van der Waals surface area contributed by atoms with Crippen molar-refractivity contribution in [1.29, 1.82) is 0 Å². The summed E-state index contributed by atoms with van der Waals surface area (Å²) in [5, 5.41) is 8.24. The van der Waals surface area contributed by atoms with Crippen molar-refractivity contribution in [3.8, 4) is 0 Å². The first-order valence-electron chi connectivity index (χ1n) is 8.09. The quantitative estimate of drug-likeness (QED) is 0.855. The summed E-state index contributed by atoms with van der Waals surface area (Å²) < 4.78 is 22.6. The van der Waals surface area contributed by atoms with E-state index in [-0.39, 0.29) is 23.9 Å². The van der Waals surface area contributed by atoms with Gasteiger partial charge in [-0.25, -0.2) is 18.4 Å². The number of hydrogen-bond donors (Lipinski definition) is 2. The van der Waals surface area contributed by atoms with Crippen LogP contribution in [0.2, 0.25) is 0 Å². The summed E-state index contributed by atoms with van der Waals surface area (Å²) in [6.45, 7) is 0.602. The molecule has 1 aromatic carbocycles. The summed E-state index contributed by atoms with van der Waals surface area (Å²) >= 11 is 0. The van der Waals surface area contributed by atoms with E-state index >= 15 is 0 Å². The smallest absolute Gasteiger partial charge is 0.317 e. The third-order valence-corrected chi connectivity index (χ3v) is 6.24. The Morgan fingerprint density at radius 1 is 1.35 bits per heavy atom. The monoisotopic (exact) mass is 335 g/mol. The lowest BCUT2D eigenvalue weighted by Crippen LogP contribution is -2.47. The van der Waals surface area contributed by atoms with Gasteiger partial charge in [0.15, 0.2) is 0 Å². The van der Waals surface area contributed by atoms with Crippen molar-refractivity contribution in [3.63, 3.8) is 0 Å². The standard InChI is InChI=1S/C16H21N3O3S/c17-23(21,22)9-11-5-3-7-19(11)16(20)18-15-13-8-10-4-1-2-6-12(10)14(13)15/h1-2,4,6,11,13-15H,3,5,7-9H2,(H,18,20)(H2,17,21,22). The van der Waals surface area contributed by atoms with Crippen LogP contribution in [0.1, 0.15) is 29.9 Å². The average molecular weight is 335 g/mol. The van der Waals surface area contributed by atoms with Gasteiger partial charge in [0.25, 0.3) is 0 Å². The molecule has 1 aliphatic heterocycles. The summed E-state index contributed by atoms with van der Waals surface area (Å²) in [5.41, 5.74) is 2.74. The fourth-order valence-electron chi connectivity index (χ4n) is 4.32. The maximum absolute atomic E-state index is 12.5. The van der Waals surface area contributed by atoms with Crippen molar-refractivity contribution in [2.75, 3.05) is 12.3 Å². The van der Waals surface area contributed by atoms with Crippen molar-refractivity contribution in [2.24, 2.45) is 11.1 Å². The van der Waals surface area contributed by atoms with Crippen molar-refractivity contribution in [2.45, 2.75) is 37.3 Å². The Morgan fingerprint density at radius 2 is 2.13 bits per heavy atom. The minimum atomic E-state index is -3.56. The van der Waals surface area contributed by atoms with Gasteiger partial charge in [0.05, 0.1) is 5.75 Å². The van der Waals surface area contributed by atoms with E-state index in [1.807, 2.05) is 6.07 Å². The molecule has 0 bridgehead atoms. The number of nitrogens with zero attached hydrogens (tertiary/aromatic N) is 1. The lowest BCUT2D eigenvalue weighted by Gasteiger charge is -2.24. The van der Waals surface area contributed by atoms with Gasteiger partial charge in [-0.05, 0) is 36.3 Å². The molecule has 2 amide bonds. The molecular weight excluding hydrogens is 314 g/mol. The molecule has 0 spiro atoms. The first-order valence-corrected chi connectivity index (χ1v) is 9.81. The van der Waals surface area contributed by atoms with Crippen LogP contribution in [0.3, 0.4) is 0 Å². The number of amides is 2. The molecule has 3 N–H and O–H groups in total. The Labute approximate surface area is 136 Å². The van der Waals surface area contributed by atoms with E-state index < -0.39 is 10.0 Å². The zero-order chi connectivity index (χ0) is 16.2. The van der Waals surface area contributed by atoms with Crippen LogP contribution in [0, 0.1) is 5.92 Å². The molecule has 1 heterocycles. The molecule has 1 aromatic rings. The molecule has 7 heteroatoms. The highest BCUT2D eigenvalue weighted by molar-refractivity contribution is 7.89. The lowest BCUT2D eigenvalue weighted by atomic mass is 10.1. The minimum absolute atomic E-state index is 0.145.